The summed E-state index contributed by atoms with van der Waals surface area (Å²) in [6, 6.07) is 6.64. The van der Waals surface area contributed by atoms with Crippen molar-refractivity contribution in [3.8, 4) is 5.75 Å². The van der Waals surface area contributed by atoms with Gasteiger partial charge >= 0.3 is 5.97 Å². The lowest BCUT2D eigenvalue weighted by Gasteiger charge is -2.19. The monoisotopic (exact) mass is 267 g/mol. The number of rotatable bonds is 8. The number of benzene rings is 1. The molecule has 106 valence electrons. The Balaban J connectivity index is 2.65. The van der Waals surface area contributed by atoms with Crippen LogP contribution in [-0.4, -0.2) is 41.5 Å². The van der Waals surface area contributed by atoms with E-state index in [-0.39, 0.29) is 19.3 Å². The van der Waals surface area contributed by atoms with Gasteiger partial charge in [-0.1, -0.05) is 32.0 Å². The van der Waals surface area contributed by atoms with Gasteiger partial charge in [-0.25, -0.2) is 0 Å². The van der Waals surface area contributed by atoms with Crippen LogP contribution in [-0.2, 0) is 11.2 Å². The first-order valence-electron chi connectivity index (χ1n) is 6.35. The SMILES string of the molecule is CC(C)NC(COc1ccccc1CCO)C(=O)O. The van der Waals surface area contributed by atoms with Crippen molar-refractivity contribution in [2.24, 2.45) is 0 Å². The number of carbonyl (C=O) groups is 1. The minimum Gasteiger partial charge on any atom is -0.491 e. The zero-order chi connectivity index (χ0) is 14.3. The van der Waals surface area contributed by atoms with E-state index >= 15 is 0 Å². The van der Waals surface area contributed by atoms with Gasteiger partial charge in [-0.05, 0) is 18.1 Å². The zero-order valence-corrected chi connectivity index (χ0v) is 11.3. The van der Waals surface area contributed by atoms with Gasteiger partial charge in [0.05, 0.1) is 0 Å². The standard InChI is InChI=1S/C14H21NO4/c1-10(2)15-12(14(17)18)9-19-13-6-4-3-5-11(13)7-8-16/h3-6,10,12,15-16H,7-9H2,1-2H3,(H,17,18). The van der Waals surface area contributed by atoms with Crippen molar-refractivity contribution in [1.29, 1.82) is 0 Å². The van der Waals surface area contributed by atoms with Crippen molar-refractivity contribution in [2.75, 3.05) is 13.2 Å². The molecule has 0 aliphatic heterocycles. The highest BCUT2D eigenvalue weighted by molar-refractivity contribution is 5.73. The number of aliphatic hydroxyl groups excluding tert-OH is 1. The van der Waals surface area contributed by atoms with Crippen LogP contribution in [0.25, 0.3) is 0 Å². The number of ether oxygens (including phenoxy) is 1. The van der Waals surface area contributed by atoms with E-state index in [1.807, 2.05) is 32.0 Å². The Kier molecular flexibility index (Phi) is 6.32. The summed E-state index contributed by atoms with van der Waals surface area (Å²) in [6.45, 7) is 3.86. The largest absolute Gasteiger partial charge is 0.491 e. The molecule has 1 aromatic rings. The summed E-state index contributed by atoms with van der Waals surface area (Å²) in [4.78, 5) is 11.1. The van der Waals surface area contributed by atoms with Gasteiger partial charge in [0, 0.05) is 12.6 Å². The third-order valence-electron chi connectivity index (χ3n) is 2.59. The summed E-state index contributed by atoms with van der Waals surface area (Å²) in [5.41, 5.74) is 0.874. The molecule has 5 nitrogen and oxygen atoms in total. The maximum atomic E-state index is 11.1. The molecule has 19 heavy (non-hydrogen) atoms. The number of carboxylic acids is 1. The molecule has 0 bridgehead atoms. The maximum Gasteiger partial charge on any atom is 0.324 e. The molecule has 0 aliphatic rings. The molecule has 3 N–H and O–H groups in total. The first-order chi connectivity index (χ1) is 9.04. The molecule has 0 saturated carbocycles. The second-order valence-electron chi connectivity index (χ2n) is 4.60. The Morgan fingerprint density at radius 1 is 1.37 bits per heavy atom. The lowest BCUT2D eigenvalue weighted by atomic mass is 10.1. The molecule has 1 rings (SSSR count). The highest BCUT2D eigenvalue weighted by atomic mass is 16.5. The van der Waals surface area contributed by atoms with Crippen molar-refractivity contribution in [3.05, 3.63) is 29.8 Å². The Morgan fingerprint density at radius 2 is 2.05 bits per heavy atom. The molecule has 0 fully saturated rings. The zero-order valence-electron chi connectivity index (χ0n) is 11.3. The lowest BCUT2D eigenvalue weighted by molar-refractivity contribution is -0.140. The van der Waals surface area contributed by atoms with E-state index in [9.17, 15) is 4.79 Å². The molecule has 1 atom stereocenters. The fourth-order valence-corrected chi connectivity index (χ4v) is 1.74. The number of para-hydroxylation sites is 1. The van der Waals surface area contributed by atoms with E-state index in [1.54, 1.807) is 6.07 Å². The van der Waals surface area contributed by atoms with Crippen molar-refractivity contribution in [1.82, 2.24) is 5.32 Å². The molecule has 0 heterocycles. The van der Waals surface area contributed by atoms with Gasteiger partial charge < -0.3 is 14.9 Å². The van der Waals surface area contributed by atoms with Crippen LogP contribution < -0.4 is 10.1 Å². The molecule has 0 aliphatic carbocycles. The highest BCUT2D eigenvalue weighted by Gasteiger charge is 2.19. The van der Waals surface area contributed by atoms with Crippen molar-refractivity contribution in [3.63, 3.8) is 0 Å². The molecule has 0 saturated heterocycles. The first kappa shape index (κ1) is 15.5. The Labute approximate surface area is 113 Å². The Morgan fingerprint density at radius 3 is 2.63 bits per heavy atom. The predicted molar refractivity (Wildman–Crippen MR) is 72.4 cm³/mol. The number of aliphatic carboxylic acids is 1. The number of nitrogens with one attached hydrogen (secondary N) is 1. The van der Waals surface area contributed by atoms with E-state index in [2.05, 4.69) is 5.32 Å². The summed E-state index contributed by atoms with van der Waals surface area (Å²) in [5, 5.41) is 21.0. The highest BCUT2D eigenvalue weighted by Crippen LogP contribution is 2.18. The minimum atomic E-state index is -0.937. The van der Waals surface area contributed by atoms with Crippen LogP contribution in [0, 0.1) is 0 Å². The van der Waals surface area contributed by atoms with Gasteiger partial charge in [-0.3, -0.25) is 10.1 Å². The van der Waals surface area contributed by atoms with Crippen LogP contribution in [0.2, 0.25) is 0 Å². The minimum absolute atomic E-state index is 0.0347. The second-order valence-corrected chi connectivity index (χ2v) is 4.60. The molecule has 0 spiro atoms. The molecule has 0 amide bonds. The van der Waals surface area contributed by atoms with Gasteiger partial charge in [0.1, 0.15) is 18.4 Å². The van der Waals surface area contributed by atoms with Gasteiger partial charge in [-0.15, -0.1) is 0 Å². The van der Waals surface area contributed by atoms with E-state index < -0.39 is 12.0 Å². The average Bonchev–Trinajstić information content (AvgIpc) is 2.35. The van der Waals surface area contributed by atoms with Gasteiger partial charge in [0.25, 0.3) is 0 Å². The fourth-order valence-electron chi connectivity index (χ4n) is 1.74. The fraction of sp³-hybridized carbons (Fsp3) is 0.500. The average molecular weight is 267 g/mol. The Hall–Kier alpha value is -1.59. The topological polar surface area (TPSA) is 78.8 Å². The van der Waals surface area contributed by atoms with Crippen LogP contribution in [0.1, 0.15) is 19.4 Å². The number of hydrogen-bond acceptors (Lipinski definition) is 4. The van der Waals surface area contributed by atoms with Gasteiger partial charge in [-0.2, -0.15) is 0 Å². The molecule has 0 radical (unpaired) electrons. The normalized spacial score (nSPS) is 12.4. The number of hydrogen-bond donors (Lipinski definition) is 3. The van der Waals surface area contributed by atoms with E-state index in [0.717, 1.165) is 5.56 Å². The Bertz CT molecular complexity index is 406. The molecular weight excluding hydrogens is 246 g/mol. The summed E-state index contributed by atoms with van der Waals surface area (Å²) in [5.74, 6) is -0.318. The van der Waals surface area contributed by atoms with E-state index in [4.69, 9.17) is 14.9 Å². The lowest BCUT2D eigenvalue weighted by Crippen LogP contribution is -2.44. The van der Waals surface area contributed by atoms with E-state index in [0.29, 0.717) is 12.2 Å². The van der Waals surface area contributed by atoms with Crippen LogP contribution in [0.15, 0.2) is 24.3 Å². The van der Waals surface area contributed by atoms with Crippen LogP contribution in [0.3, 0.4) is 0 Å². The van der Waals surface area contributed by atoms with Crippen LogP contribution in [0.5, 0.6) is 5.75 Å². The third-order valence-corrected chi connectivity index (χ3v) is 2.59. The smallest absolute Gasteiger partial charge is 0.324 e. The molecule has 1 aromatic carbocycles. The predicted octanol–water partition coefficient (Wildman–Crippen LogP) is 1.05. The van der Waals surface area contributed by atoms with Gasteiger partial charge in [0.15, 0.2) is 0 Å². The molecule has 5 heteroatoms. The molecule has 0 aromatic heterocycles. The summed E-state index contributed by atoms with van der Waals surface area (Å²) in [6.07, 6.45) is 0.492. The first-order valence-corrected chi connectivity index (χ1v) is 6.35. The maximum absolute atomic E-state index is 11.1. The molecular formula is C14H21NO4. The summed E-state index contributed by atoms with van der Waals surface area (Å²) >= 11 is 0. The quantitative estimate of drug-likeness (QED) is 0.656. The number of carboxylic acid groups (broad SMARTS) is 1. The van der Waals surface area contributed by atoms with Crippen LogP contribution >= 0.6 is 0 Å². The van der Waals surface area contributed by atoms with Crippen LogP contribution in [0.4, 0.5) is 0 Å². The van der Waals surface area contributed by atoms with Crippen molar-refractivity contribution in [2.45, 2.75) is 32.4 Å². The van der Waals surface area contributed by atoms with Gasteiger partial charge in [0.2, 0.25) is 0 Å². The molecule has 1 unspecified atom stereocenters. The third kappa shape index (κ3) is 5.28. The van der Waals surface area contributed by atoms with Crippen molar-refractivity contribution < 1.29 is 19.7 Å². The summed E-state index contributed by atoms with van der Waals surface area (Å²) in [7, 11) is 0. The summed E-state index contributed by atoms with van der Waals surface area (Å²) < 4.78 is 5.56. The van der Waals surface area contributed by atoms with E-state index in [1.165, 1.54) is 0 Å². The van der Waals surface area contributed by atoms with Crippen molar-refractivity contribution >= 4 is 5.97 Å². The second kappa shape index (κ2) is 7.76. The number of aliphatic hydroxyl groups is 1.